The molecule has 3 heterocycles. The summed E-state index contributed by atoms with van der Waals surface area (Å²) in [6.07, 6.45) is 8.92. The first-order chi connectivity index (χ1) is 19.4. The van der Waals surface area contributed by atoms with E-state index in [2.05, 4.69) is 9.88 Å². The monoisotopic (exact) mass is 560 g/mol. The number of carbonyl (C=O) groups is 1. The Labute approximate surface area is 235 Å². The van der Waals surface area contributed by atoms with Crippen LogP contribution in [0.4, 0.5) is 0 Å². The Morgan fingerprint density at radius 1 is 1.00 bits per heavy atom. The molecule has 1 saturated carbocycles. The topological polar surface area (TPSA) is 97.4 Å². The third-order valence-electron chi connectivity index (χ3n) is 8.40. The first kappa shape index (κ1) is 26.8. The molecule has 1 aliphatic heterocycles. The fourth-order valence-electron chi connectivity index (χ4n) is 6.17. The van der Waals surface area contributed by atoms with Gasteiger partial charge < -0.3 is 14.3 Å². The summed E-state index contributed by atoms with van der Waals surface area (Å²) < 4.78 is 35.9. The third-order valence-corrected chi connectivity index (χ3v) is 10.3. The number of benzene rings is 2. The maximum Gasteiger partial charge on any atom is 0.251 e. The van der Waals surface area contributed by atoms with Crippen molar-refractivity contribution in [2.24, 2.45) is 0 Å². The summed E-state index contributed by atoms with van der Waals surface area (Å²) in [4.78, 5) is 18.4. The number of aromatic nitrogens is 2. The summed E-state index contributed by atoms with van der Waals surface area (Å²) in [7, 11) is -3.52. The SMILES string of the molecule is Cc1ccc(S(=O)(=O)N2CCC(c3nc4cc(C(=O)NCc5ccco5)ccc4n3C3CCCCC3)CC2)cc1. The van der Waals surface area contributed by atoms with E-state index in [0.717, 1.165) is 48.1 Å². The number of nitrogens with one attached hydrogen (secondary N) is 1. The van der Waals surface area contributed by atoms with E-state index in [4.69, 9.17) is 9.40 Å². The molecule has 210 valence electrons. The van der Waals surface area contributed by atoms with Crippen LogP contribution in [-0.4, -0.2) is 41.3 Å². The largest absolute Gasteiger partial charge is 0.467 e. The van der Waals surface area contributed by atoms with Gasteiger partial charge in [0.25, 0.3) is 5.91 Å². The highest BCUT2D eigenvalue weighted by atomic mass is 32.2. The van der Waals surface area contributed by atoms with E-state index >= 15 is 0 Å². The Kier molecular flexibility index (Phi) is 7.51. The van der Waals surface area contributed by atoms with Crippen LogP contribution in [0.5, 0.6) is 0 Å². The van der Waals surface area contributed by atoms with Crippen molar-refractivity contribution in [3.8, 4) is 0 Å². The zero-order valence-electron chi connectivity index (χ0n) is 22.9. The van der Waals surface area contributed by atoms with Gasteiger partial charge in [0, 0.05) is 30.6 Å². The molecule has 2 aromatic heterocycles. The molecule has 2 aliphatic rings. The molecule has 9 heteroatoms. The number of carbonyl (C=O) groups excluding carboxylic acids is 1. The molecule has 40 heavy (non-hydrogen) atoms. The zero-order valence-corrected chi connectivity index (χ0v) is 23.7. The lowest BCUT2D eigenvalue weighted by Gasteiger charge is -2.33. The minimum Gasteiger partial charge on any atom is -0.467 e. The number of aryl methyl sites for hydroxylation is 1. The molecule has 0 radical (unpaired) electrons. The van der Waals surface area contributed by atoms with E-state index in [-0.39, 0.29) is 11.8 Å². The van der Waals surface area contributed by atoms with E-state index in [1.807, 2.05) is 43.3 Å². The Hall–Kier alpha value is -3.43. The molecular formula is C31H36N4O4S. The van der Waals surface area contributed by atoms with Crippen LogP contribution in [0.3, 0.4) is 0 Å². The number of piperidine rings is 1. The third kappa shape index (κ3) is 5.32. The summed E-state index contributed by atoms with van der Waals surface area (Å²) in [6, 6.07) is 16.9. The van der Waals surface area contributed by atoms with Gasteiger partial charge in [-0.1, -0.05) is 37.0 Å². The Morgan fingerprint density at radius 2 is 1.75 bits per heavy atom. The van der Waals surface area contributed by atoms with Gasteiger partial charge in [-0.3, -0.25) is 4.79 Å². The van der Waals surface area contributed by atoms with Crippen LogP contribution in [0.15, 0.2) is 70.2 Å². The van der Waals surface area contributed by atoms with Crippen molar-refractivity contribution in [3.05, 3.63) is 83.6 Å². The predicted molar refractivity (Wildman–Crippen MR) is 154 cm³/mol. The molecule has 1 saturated heterocycles. The average Bonchev–Trinajstić information content (AvgIpc) is 3.64. The van der Waals surface area contributed by atoms with Crippen molar-refractivity contribution in [1.82, 2.24) is 19.2 Å². The van der Waals surface area contributed by atoms with E-state index in [1.54, 1.807) is 28.8 Å². The highest BCUT2D eigenvalue weighted by molar-refractivity contribution is 7.89. The molecule has 1 amide bonds. The first-order valence-corrected chi connectivity index (χ1v) is 15.7. The van der Waals surface area contributed by atoms with Crippen LogP contribution in [0.25, 0.3) is 11.0 Å². The number of furan rings is 1. The number of amides is 1. The lowest BCUT2D eigenvalue weighted by molar-refractivity contribution is 0.0948. The second-order valence-electron chi connectivity index (χ2n) is 11.1. The van der Waals surface area contributed by atoms with Gasteiger partial charge in [0.2, 0.25) is 10.0 Å². The normalized spacial score (nSPS) is 17.8. The van der Waals surface area contributed by atoms with Crippen LogP contribution in [0, 0.1) is 6.92 Å². The molecule has 4 aromatic rings. The molecule has 2 aromatic carbocycles. The number of hydrogen-bond donors (Lipinski definition) is 1. The van der Waals surface area contributed by atoms with E-state index in [9.17, 15) is 13.2 Å². The summed E-state index contributed by atoms with van der Waals surface area (Å²) in [5.74, 6) is 1.73. The molecule has 1 N–H and O–H groups in total. The van der Waals surface area contributed by atoms with Crippen molar-refractivity contribution in [1.29, 1.82) is 0 Å². The average molecular weight is 561 g/mol. The van der Waals surface area contributed by atoms with E-state index < -0.39 is 10.0 Å². The van der Waals surface area contributed by atoms with Crippen molar-refractivity contribution >= 4 is 27.0 Å². The van der Waals surface area contributed by atoms with Gasteiger partial charge in [-0.25, -0.2) is 13.4 Å². The zero-order chi connectivity index (χ0) is 27.7. The number of hydrogen-bond acceptors (Lipinski definition) is 5. The van der Waals surface area contributed by atoms with Crippen LogP contribution in [0.1, 0.15) is 84.4 Å². The molecule has 0 spiro atoms. The summed E-state index contributed by atoms with van der Waals surface area (Å²) in [5.41, 5.74) is 3.48. The molecule has 6 rings (SSSR count). The quantitative estimate of drug-likeness (QED) is 0.302. The van der Waals surface area contributed by atoms with Gasteiger partial charge in [0.1, 0.15) is 11.6 Å². The van der Waals surface area contributed by atoms with Crippen molar-refractivity contribution in [3.63, 3.8) is 0 Å². The number of imidazole rings is 1. The lowest BCUT2D eigenvalue weighted by Crippen LogP contribution is -2.38. The highest BCUT2D eigenvalue weighted by Crippen LogP contribution is 2.38. The molecule has 0 atom stereocenters. The summed E-state index contributed by atoms with van der Waals surface area (Å²) in [6.45, 7) is 3.22. The molecule has 8 nitrogen and oxygen atoms in total. The van der Waals surface area contributed by atoms with Crippen LogP contribution >= 0.6 is 0 Å². The van der Waals surface area contributed by atoms with Crippen molar-refractivity contribution in [2.45, 2.75) is 75.3 Å². The molecular weight excluding hydrogens is 524 g/mol. The van der Waals surface area contributed by atoms with Crippen LogP contribution in [0.2, 0.25) is 0 Å². The van der Waals surface area contributed by atoms with E-state index in [0.29, 0.717) is 41.9 Å². The highest BCUT2D eigenvalue weighted by Gasteiger charge is 2.33. The van der Waals surface area contributed by atoms with Crippen LogP contribution in [-0.2, 0) is 16.6 Å². The smallest absolute Gasteiger partial charge is 0.251 e. The van der Waals surface area contributed by atoms with Gasteiger partial charge in [0.15, 0.2) is 0 Å². The van der Waals surface area contributed by atoms with Gasteiger partial charge in [-0.05, 0) is 75.1 Å². The predicted octanol–water partition coefficient (Wildman–Crippen LogP) is 5.94. The number of sulfonamides is 1. The fourth-order valence-corrected chi connectivity index (χ4v) is 7.64. The maximum atomic E-state index is 13.3. The minimum atomic E-state index is -3.52. The number of nitrogens with zero attached hydrogens (tertiary/aromatic N) is 3. The Bertz CT molecular complexity index is 1580. The van der Waals surface area contributed by atoms with Crippen molar-refractivity contribution < 1.29 is 17.6 Å². The molecule has 2 fully saturated rings. The molecule has 1 aliphatic carbocycles. The standard InChI is InChI=1S/C31H36N4O4S/c1-22-9-12-27(13-10-22)40(37,38)34-17-15-23(16-18-34)30-33-28-20-24(31(36)32-21-26-8-5-19-39-26)11-14-29(28)35(30)25-6-3-2-4-7-25/h5,8-14,19-20,23,25H,2-4,6-7,15-18,21H2,1H3,(H,32,36). The van der Waals surface area contributed by atoms with Gasteiger partial charge in [-0.15, -0.1) is 0 Å². The maximum absolute atomic E-state index is 13.3. The summed E-state index contributed by atoms with van der Waals surface area (Å²) in [5, 5.41) is 2.92. The first-order valence-electron chi connectivity index (χ1n) is 14.3. The van der Waals surface area contributed by atoms with Gasteiger partial charge in [0.05, 0.1) is 28.7 Å². The fraction of sp³-hybridized carbons (Fsp3) is 0.419. The number of rotatable bonds is 7. The number of fused-ring (bicyclic) bond motifs is 1. The molecule has 0 unspecified atom stereocenters. The van der Waals surface area contributed by atoms with Crippen molar-refractivity contribution in [2.75, 3.05) is 13.1 Å². The summed E-state index contributed by atoms with van der Waals surface area (Å²) >= 11 is 0. The van der Waals surface area contributed by atoms with E-state index in [1.165, 1.54) is 19.3 Å². The lowest BCUT2D eigenvalue weighted by atomic mass is 9.93. The van der Waals surface area contributed by atoms with Gasteiger partial charge in [-0.2, -0.15) is 4.31 Å². The Balaban J connectivity index is 1.25. The minimum absolute atomic E-state index is 0.162. The second kappa shape index (κ2) is 11.2. The molecule has 0 bridgehead atoms. The van der Waals surface area contributed by atoms with Crippen LogP contribution < -0.4 is 5.32 Å². The second-order valence-corrected chi connectivity index (χ2v) is 13.0. The van der Waals surface area contributed by atoms with Gasteiger partial charge >= 0.3 is 0 Å². The Morgan fingerprint density at radius 3 is 2.45 bits per heavy atom.